The van der Waals surface area contributed by atoms with Crippen molar-refractivity contribution in [3.05, 3.63) is 28.8 Å². The van der Waals surface area contributed by atoms with Crippen LogP contribution in [-0.4, -0.2) is 50.3 Å². The fraction of sp³-hybridized carbons (Fsp3) is 0.636. The molecule has 1 saturated carbocycles. The highest BCUT2D eigenvalue weighted by atomic mass is 32.2. The van der Waals surface area contributed by atoms with E-state index in [0.29, 0.717) is 43.7 Å². The van der Waals surface area contributed by atoms with Crippen LogP contribution in [0.3, 0.4) is 0 Å². The molecule has 1 aliphatic carbocycles. The number of carbonyl (C=O) groups is 2. The molecule has 0 spiro atoms. The Bertz CT molecular complexity index is 904. The largest absolute Gasteiger partial charge is 0.467 e. The van der Waals surface area contributed by atoms with Crippen LogP contribution in [0.1, 0.15) is 55.2 Å². The summed E-state index contributed by atoms with van der Waals surface area (Å²) in [6, 6.07) is 3.77. The lowest BCUT2D eigenvalue weighted by Gasteiger charge is -2.34. The van der Waals surface area contributed by atoms with Gasteiger partial charge in [-0.05, 0) is 57.6 Å². The average Bonchev–Trinajstić information content (AvgIpc) is 3.16. The maximum absolute atomic E-state index is 13.2. The van der Waals surface area contributed by atoms with Crippen LogP contribution in [0.25, 0.3) is 0 Å². The van der Waals surface area contributed by atoms with Crippen LogP contribution >= 0.6 is 0 Å². The van der Waals surface area contributed by atoms with E-state index in [9.17, 15) is 18.0 Å². The molecule has 1 N–H and O–H groups in total. The van der Waals surface area contributed by atoms with Crippen LogP contribution in [0.2, 0.25) is 0 Å². The molecule has 0 atom stereocenters. The number of benzene rings is 1. The van der Waals surface area contributed by atoms with Crippen LogP contribution < -0.4 is 5.32 Å². The Kier molecular flexibility index (Phi) is 6.57. The molecule has 1 aliphatic heterocycles. The molecular formula is C22H32N2O5S. The van der Waals surface area contributed by atoms with Gasteiger partial charge in [-0.1, -0.05) is 30.5 Å². The number of hydrogen-bond donors (Lipinski definition) is 1. The summed E-state index contributed by atoms with van der Waals surface area (Å²) in [6.45, 7) is 6.17. The number of rotatable bonds is 5. The Morgan fingerprint density at radius 1 is 1.07 bits per heavy atom. The quantitative estimate of drug-likeness (QED) is 0.716. The minimum absolute atomic E-state index is 0.179. The highest BCUT2D eigenvalue weighted by Gasteiger charge is 2.45. The Hall–Kier alpha value is -1.93. The molecule has 3 rings (SSSR count). The predicted octanol–water partition coefficient (Wildman–Crippen LogP) is 2.61. The van der Waals surface area contributed by atoms with Gasteiger partial charge in [0.1, 0.15) is 5.54 Å². The first-order valence-corrected chi connectivity index (χ1v) is 12.0. The SMILES string of the molecule is COC(=O)C1(NC(=O)C2CCN(S(=O)(=O)c3c(C)cc(C)cc3C)CC2)CCCC1. The lowest BCUT2D eigenvalue weighted by atomic mass is 9.92. The Morgan fingerprint density at radius 2 is 1.60 bits per heavy atom. The summed E-state index contributed by atoms with van der Waals surface area (Å²) < 4.78 is 32.9. The van der Waals surface area contributed by atoms with Gasteiger partial charge in [0.2, 0.25) is 15.9 Å². The number of carbonyl (C=O) groups excluding carboxylic acids is 2. The lowest BCUT2D eigenvalue weighted by Crippen LogP contribution is -2.55. The third kappa shape index (κ3) is 4.25. The molecule has 8 heteroatoms. The highest BCUT2D eigenvalue weighted by Crippen LogP contribution is 2.33. The molecule has 2 aliphatic rings. The first kappa shape index (κ1) is 22.7. The van der Waals surface area contributed by atoms with Crippen molar-refractivity contribution in [3.8, 4) is 0 Å². The zero-order valence-corrected chi connectivity index (χ0v) is 19.1. The molecule has 0 unspecified atom stereocenters. The third-order valence-electron chi connectivity index (χ3n) is 6.42. The van der Waals surface area contributed by atoms with Crippen molar-refractivity contribution in [2.24, 2.45) is 5.92 Å². The summed E-state index contributed by atoms with van der Waals surface area (Å²) in [6.07, 6.45) is 3.80. The molecule has 7 nitrogen and oxygen atoms in total. The normalized spacial score (nSPS) is 20.1. The molecule has 0 bridgehead atoms. The van der Waals surface area contributed by atoms with Gasteiger partial charge >= 0.3 is 5.97 Å². The second kappa shape index (κ2) is 8.67. The van der Waals surface area contributed by atoms with Crippen molar-refractivity contribution >= 4 is 21.9 Å². The first-order chi connectivity index (χ1) is 14.1. The number of piperidine rings is 1. The Balaban J connectivity index is 1.69. The Labute approximate surface area is 179 Å². The van der Waals surface area contributed by atoms with E-state index in [1.54, 1.807) is 0 Å². The van der Waals surface area contributed by atoms with Crippen LogP contribution in [0, 0.1) is 26.7 Å². The number of nitrogens with zero attached hydrogens (tertiary/aromatic N) is 1. The monoisotopic (exact) mass is 436 g/mol. The zero-order valence-electron chi connectivity index (χ0n) is 18.3. The molecule has 1 aromatic rings. The second-order valence-electron chi connectivity index (χ2n) is 8.68. The van der Waals surface area contributed by atoms with Crippen molar-refractivity contribution < 1.29 is 22.7 Å². The number of amides is 1. The number of methoxy groups -OCH3 is 1. The lowest BCUT2D eigenvalue weighted by molar-refractivity contribution is -0.151. The smallest absolute Gasteiger partial charge is 0.331 e. The van der Waals surface area contributed by atoms with Crippen molar-refractivity contribution in [2.75, 3.05) is 20.2 Å². The number of ether oxygens (including phenoxy) is 1. The maximum Gasteiger partial charge on any atom is 0.331 e. The van der Waals surface area contributed by atoms with Gasteiger partial charge in [-0.2, -0.15) is 4.31 Å². The summed E-state index contributed by atoms with van der Waals surface area (Å²) in [4.78, 5) is 25.5. The van der Waals surface area contributed by atoms with Gasteiger partial charge in [-0.15, -0.1) is 0 Å². The summed E-state index contributed by atoms with van der Waals surface area (Å²) >= 11 is 0. The number of aryl methyl sites for hydroxylation is 3. The van der Waals surface area contributed by atoms with Crippen LogP contribution in [0.4, 0.5) is 0 Å². The van der Waals surface area contributed by atoms with Gasteiger partial charge in [-0.3, -0.25) is 4.79 Å². The van der Waals surface area contributed by atoms with Gasteiger partial charge in [0.15, 0.2) is 0 Å². The van der Waals surface area contributed by atoms with E-state index in [0.717, 1.165) is 29.5 Å². The number of esters is 1. The molecule has 30 heavy (non-hydrogen) atoms. The summed E-state index contributed by atoms with van der Waals surface area (Å²) in [5.74, 6) is -0.875. The Morgan fingerprint density at radius 3 is 2.10 bits per heavy atom. The van der Waals surface area contributed by atoms with Gasteiger partial charge in [0.05, 0.1) is 12.0 Å². The van der Waals surface area contributed by atoms with Crippen molar-refractivity contribution in [1.29, 1.82) is 0 Å². The zero-order chi connectivity index (χ0) is 22.1. The molecule has 0 radical (unpaired) electrons. The average molecular weight is 437 g/mol. The first-order valence-electron chi connectivity index (χ1n) is 10.6. The molecular weight excluding hydrogens is 404 g/mol. The van der Waals surface area contributed by atoms with E-state index in [2.05, 4.69) is 5.32 Å². The number of sulfonamides is 1. The summed E-state index contributed by atoms with van der Waals surface area (Å²) in [7, 11) is -2.27. The molecule has 0 aromatic heterocycles. The summed E-state index contributed by atoms with van der Waals surface area (Å²) in [5.41, 5.74) is 1.60. The molecule has 1 saturated heterocycles. The molecule has 1 amide bonds. The van der Waals surface area contributed by atoms with Crippen molar-refractivity contribution in [3.63, 3.8) is 0 Å². The highest BCUT2D eigenvalue weighted by molar-refractivity contribution is 7.89. The van der Waals surface area contributed by atoms with Gasteiger partial charge in [0.25, 0.3) is 0 Å². The fourth-order valence-electron chi connectivity index (χ4n) is 4.95. The molecule has 2 fully saturated rings. The van der Waals surface area contributed by atoms with E-state index in [1.165, 1.54) is 11.4 Å². The maximum atomic E-state index is 13.2. The van der Waals surface area contributed by atoms with Gasteiger partial charge in [-0.25, -0.2) is 13.2 Å². The van der Waals surface area contributed by atoms with Crippen LogP contribution in [0.5, 0.6) is 0 Å². The number of hydrogen-bond acceptors (Lipinski definition) is 5. The second-order valence-corrected chi connectivity index (χ2v) is 10.6. The van der Waals surface area contributed by atoms with Crippen LogP contribution in [-0.2, 0) is 24.3 Å². The van der Waals surface area contributed by atoms with Crippen molar-refractivity contribution in [1.82, 2.24) is 9.62 Å². The van der Waals surface area contributed by atoms with E-state index >= 15 is 0 Å². The topological polar surface area (TPSA) is 92.8 Å². The molecule has 166 valence electrons. The van der Waals surface area contributed by atoms with E-state index in [4.69, 9.17) is 4.74 Å². The summed E-state index contributed by atoms with van der Waals surface area (Å²) in [5, 5.41) is 2.94. The third-order valence-corrected chi connectivity index (χ3v) is 8.63. The van der Waals surface area contributed by atoms with E-state index < -0.39 is 21.5 Å². The van der Waals surface area contributed by atoms with E-state index in [1.807, 2.05) is 32.9 Å². The number of nitrogens with one attached hydrogen (secondary N) is 1. The molecule has 1 aromatic carbocycles. The van der Waals surface area contributed by atoms with E-state index in [-0.39, 0.29) is 11.8 Å². The minimum atomic E-state index is -3.61. The molecule has 1 heterocycles. The minimum Gasteiger partial charge on any atom is -0.467 e. The standard InChI is InChI=1S/C22H32N2O5S/c1-15-13-16(2)19(17(3)14-15)30(27,28)24-11-7-18(8-12-24)20(25)23-22(21(26)29-4)9-5-6-10-22/h13-14,18H,5-12H2,1-4H3,(H,23,25). The van der Waals surface area contributed by atoms with Crippen molar-refractivity contribution in [2.45, 2.75) is 69.7 Å². The van der Waals surface area contributed by atoms with Gasteiger partial charge < -0.3 is 10.1 Å². The fourth-order valence-corrected chi connectivity index (χ4v) is 6.83. The van der Waals surface area contributed by atoms with Gasteiger partial charge in [0, 0.05) is 19.0 Å². The predicted molar refractivity (Wildman–Crippen MR) is 113 cm³/mol. The van der Waals surface area contributed by atoms with Crippen LogP contribution in [0.15, 0.2) is 17.0 Å².